The summed E-state index contributed by atoms with van der Waals surface area (Å²) in [7, 11) is 1.53. The Morgan fingerprint density at radius 3 is 2.36 bits per heavy atom. The van der Waals surface area contributed by atoms with Crippen molar-refractivity contribution in [2.45, 2.75) is 13.0 Å². The summed E-state index contributed by atoms with van der Waals surface area (Å²) in [4.78, 5) is 26.1. The van der Waals surface area contributed by atoms with Gasteiger partial charge in [0.1, 0.15) is 17.4 Å². The summed E-state index contributed by atoms with van der Waals surface area (Å²) < 4.78 is 11.2. The van der Waals surface area contributed by atoms with Crippen molar-refractivity contribution >= 4 is 51.4 Å². The summed E-state index contributed by atoms with van der Waals surface area (Å²) in [6.45, 7) is 0.0699. The standard InChI is InChI=1S/C27H22Cl2N2O4S/c1-34-23-11-10-17(13-18(23)15-35-24-21(28)8-5-9-22(24)29)26(33)31-27-20(25(30)32)14-19(36-27)12-16-6-3-2-4-7-16/h2-11,13-14H,12,15H2,1H3,(H2,30,32)(H,31,33). The zero-order valence-electron chi connectivity index (χ0n) is 19.2. The molecule has 0 aliphatic rings. The van der Waals surface area contributed by atoms with Gasteiger partial charge in [-0.25, -0.2) is 0 Å². The van der Waals surface area contributed by atoms with Gasteiger partial charge in [-0.3, -0.25) is 9.59 Å². The summed E-state index contributed by atoms with van der Waals surface area (Å²) in [6.07, 6.45) is 0.621. The van der Waals surface area contributed by atoms with Crippen LogP contribution in [-0.4, -0.2) is 18.9 Å². The quantitative estimate of drug-likeness (QED) is 0.250. The van der Waals surface area contributed by atoms with E-state index in [0.29, 0.717) is 44.1 Å². The summed E-state index contributed by atoms with van der Waals surface area (Å²) in [5.41, 5.74) is 7.91. The molecule has 1 aromatic heterocycles. The molecular formula is C27H22Cl2N2O4S. The Bertz CT molecular complexity index is 1390. The number of para-hydroxylation sites is 1. The predicted molar refractivity (Wildman–Crippen MR) is 144 cm³/mol. The molecule has 0 bridgehead atoms. The average molecular weight is 541 g/mol. The third-order valence-electron chi connectivity index (χ3n) is 5.33. The largest absolute Gasteiger partial charge is 0.496 e. The van der Waals surface area contributed by atoms with Gasteiger partial charge in [0.25, 0.3) is 11.8 Å². The molecule has 0 atom stereocenters. The van der Waals surface area contributed by atoms with Crippen LogP contribution in [0.2, 0.25) is 10.0 Å². The van der Waals surface area contributed by atoms with Gasteiger partial charge in [-0.2, -0.15) is 0 Å². The highest BCUT2D eigenvalue weighted by Crippen LogP contribution is 2.34. The van der Waals surface area contributed by atoms with Crippen LogP contribution in [0.1, 0.15) is 36.7 Å². The maximum atomic E-state index is 13.1. The molecule has 36 heavy (non-hydrogen) atoms. The van der Waals surface area contributed by atoms with Crippen LogP contribution in [0.4, 0.5) is 5.00 Å². The van der Waals surface area contributed by atoms with E-state index in [4.69, 9.17) is 38.4 Å². The second kappa shape index (κ2) is 11.5. The van der Waals surface area contributed by atoms with Gasteiger partial charge in [-0.15, -0.1) is 11.3 Å². The second-order valence-corrected chi connectivity index (χ2v) is 9.75. The van der Waals surface area contributed by atoms with Crippen LogP contribution < -0.4 is 20.5 Å². The van der Waals surface area contributed by atoms with Crippen molar-refractivity contribution in [3.05, 3.63) is 110 Å². The van der Waals surface area contributed by atoms with Crippen molar-refractivity contribution in [3.8, 4) is 11.5 Å². The monoisotopic (exact) mass is 540 g/mol. The number of nitrogens with one attached hydrogen (secondary N) is 1. The van der Waals surface area contributed by atoms with Gasteiger partial charge < -0.3 is 20.5 Å². The Hall–Kier alpha value is -3.52. The average Bonchev–Trinajstić information content (AvgIpc) is 3.26. The molecule has 0 aliphatic carbocycles. The van der Waals surface area contributed by atoms with Crippen molar-refractivity contribution in [1.29, 1.82) is 0 Å². The summed E-state index contributed by atoms with van der Waals surface area (Å²) in [5.74, 6) is -0.131. The zero-order chi connectivity index (χ0) is 25.7. The van der Waals surface area contributed by atoms with Crippen molar-refractivity contribution in [2.75, 3.05) is 12.4 Å². The molecule has 9 heteroatoms. The van der Waals surface area contributed by atoms with Gasteiger partial charge in [0.05, 0.1) is 22.7 Å². The number of amides is 2. The zero-order valence-corrected chi connectivity index (χ0v) is 21.5. The summed E-state index contributed by atoms with van der Waals surface area (Å²) in [6, 6.07) is 21.6. The van der Waals surface area contributed by atoms with Crippen LogP contribution >= 0.6 is 34.5 Å². The molecule has 0 fully saturated rings. The van der Waals surface area contributed by atoms with Crippen LogP contribution in [0.15, 0.2) is 72.8 Å². The number of carbonyl (C=O) groups is 2. The maximum absolute atomic E-state index is 13.1. The molecule has 0 saturated heterocycles. The Morgan fingerprint density at radius 2 is 1.69 bits per heavy atom. The number of halogens is 2. The Kier molecular flexibility index (Phi) is 8.15. The van der Waals surface area contributed by atoms with E-state index < -0.39 is 11.8 Å². The van der Waals surface area contributed by atoms with Gasteiger partial charge in [-0.05, 0) is 42.0 Å². The minimum Gasteiger partial charge on any atom is -0.496 e. The lowest BCUT2D eigenvalue weighted by molar-refractivity contribution is 0.100. The first-order chi connectivity index (χ1) is 17.4. The molecule has 0 saturated carbocycles. The SMILES string of the molecule is COc1ccc(C(=O)Nc2sc(Cc3ccccc3)cc2C(N)=O)cc1COc1c(Cl)cccc1Cl. The number of rotatable bonds is 9. The Labute approximate surface area is 222 Å². The second-order valence-electron chi connectivity index (χ2n) is 7.80. The number of ether oxygens (including phenoxy) is 2. The highest BCUT2D eigenvalue weighted by Gasteiger charge is 2.18. The maximum Gasteiger partial charge on any atom is 0.256 e. The van der Waals surface area contributed by atoms with Crippen LogP contribution in [0, 0.1) is 0 Å². The molecule has 4 aromatic rings. The van der Waals surface area contributed by atoms with E-state index in [-0.39, 0.29) is 12.2 Å². The van der Waals surface area contributed by atoms with Crippen molar-refractivity contribution in [3.63, 3.8) is 0 Å². The first kappa shape index (κ1) is 25.6. The number of nitrogens with two attached hydrogens (primary N) is 1. The van der Waals surface area contributed by atoms with Crippen LogP contribution in [0.25, 0.3) is 0 Å². The molecule has 4 rings (SSSR count). The molecule has 184 valence electrons. The van der Waals surface area contributed by atoms with Gasteiger partial charge >= 0.3 is 0 Å². The number of benzene rings is 3. The normalized spacial score (nSPS) is 10.6. The van der Waals surface area contributed by atoms with Crippen molar-refractivity contribution < 1.29 is 19.1 Å². The van der Waals surface area contributed by atoms with E-state index in [1.807, 2.05) is 30.3 Å². The van der Waals surface area contributed by atoms with E-state index in [9.17, 15) is 9.59 Å². The fourth-order valence-electron chi connectivity index (χ4n) is 3.58. The van der Waals surface area contributed by atoms with Crippen molar-refractivity contribution in [2.24, 2.45) is 5.73 Å². The number of methoxy groups -OCH3 is 1. The third-order valence-corrected chi connectivity index (χ3v) is 6.98. The van der Waals surface area contributed by atoms with Gasteiger partial charge in [0, 0.05) is 22.4 Å². The lowest BCUT2D eigenvalue weighted by Crippen LogP contribution is -2.16. The first-order valence-corrected chi connectivity index (χ1v) is 12.4. The summed E-state index contributed by atoms with van der Waals surface area (Å²) in [5, 5.41) is 3.97. The lowest BCUT2D eigenvalue weighted by atomic mass is 10.1. The van der Waals surface area contributed by atoms with E-state index in [1.54, 1.807) is 42.5 Å². The Morgan fingerprint density at radius 1 is 0.972 bits per heavy atom. The number of primary amides is 1. The minimum atomic E-state index is -0.610. The van der Waals surface area contributed by atoms with Crippen LogP contribution in [0.3, 0.4) is 0 Å². The van der Waals surface area contributed by atoms with Gasteiger partial charge in [0.15, 0.2) is 5.75 Å². The van der Waals surface area contributed by atoms with E-state index in [1.165, 1.54) is 18.4 Å². The number of carbonyl (C=O) groups excluding carboxylic acids is 2. The van der Waals surface area contributed by atoms with Gasteiger partial charge in [-0.1, -0.05) is 59.6 Å². The molecule has 0 aliphatic heterocycles. The molecule has 0 radical (unpaired) electrons. The van der Waals surface area contributed by atoms with E-state index >= 15 is 0 Å². The molecule has 3 aromatic carbocycles. The first-order valence-electron chi connectivity index (χ1n) is 10.9. The highest BCUT2D eigenvalue weighted by atomic mass is 35.5. The van der Waals surface area contributed by atoms with E-state index in [0.717, 1.165) is 10.4 Å². The van der Waals surface area contributed by atoms with Crippen LogP contribution in [-0.2, 0) is 13.0 Å². The van der Waals surface area contributed by atoms with Crippen LogP contribution in [0.5, 0.6) is 11.5 Å². The molecule has 2 amide bonds. The number of hydrogen-bond acceptors (Lipinski definition) is 5. The summed E-state index contributed by atoms with van der Waals surface area (Å²) >= 11 is 13.7. The molecular weight excluding hydrogens is 519 g/mol. The highest BCUT2D eigenvalue weighted by molar-refractivity contribution is 7.16. The number of anilines is 1. The topological polar surface area (TPSA) is 90.6 Å². The molecule has 1 heterocycles. The number of thiophene rings is 1. The molecule has 3 N–H and O–H groups in total. The minimum absolute atomic E-state index is 0.0699. The van der Waals surface area contributed by atoms with Gasteiger partial charge in [0.2, 0.25) is 0 Å². The third kappa shape index (κ3) is 5.99. The Balaban J connectivity index is 1.55. The number of hydrogen-bond donors (Lipinski definition) is 2. The molecule has 6 nitrogen and oxygen atoms in total. The fourth-order valence-corrected chi connectivity index (χ4v) is 5.18. The predicted octanol–water partition coefficient (Wildman–Crippen LogP) is 6.58. The fraction of sp³-hybridized carbons (Fsp3) is 0.111. The lowest BCUT2D eigenvalue weighted by Gasteiger charge is -2.14. The smallest absolute Gasteiger partial charge is 0.256 e. The molecule has 0 unspecified atom stereocenters. The van der Waals surface area contributed by atoms with E-state index in [2.05, 4.69) is 5.32 Å². The molecule has 0 spiro atoms. The van der Waals surface area contributed by atoms with Crippen molar-refractivity contribution in [1.82, 2.24) is 0 Å².